The summed E-state index contributed by atoms with van der Waals surface area (Å²) >= 11 is 0. The molecule has 9 aromatic rings. The highest BCUT2D eigenvalue weighted by Crippen LogP contribution is 2.46. The highest BCUT2D eigenvalue weighted by Gasteiger charge is 2.19. The van der Waals surface area contributed by atoms with Crippen LogP contribution in [-0.2, 0) is 0 Å². The van der Waals surface area contributed by atoms with Crippen LogP contribution in [0.15, 0.2) is 170 Å². The molecule has 8 aromatic carbocycles. The number of aromatic nitrogens is 1. The summed E-state index contributed by atoms with van der Waals surface area (Å²) in [4.78, 5) is 4.87. The van der Waals surface area contributed by atoms with Gasteiger partial charge in [0, 0.05) is 17.3 Å². The number of benzene rings is 8. The summed E-state index contributed by atoms with van der Waals surface area (Å²) in [5.74, 6) is 0.452. The Hall–Kier alpha value is -6.05. The highest BCUT2D eigenvalue weighted by atomic mass is 14.7. The molecule has 232 valence electrons. The van der Waals surface area contributed by atoms with Gasteiger partial charge in [-0.15, -0.1) is 0 Å². The molecule has 0 bridgehead atoms. The van der Waals surface area contributed by atoms with Gasteiger partial charge in [-0.05, 0) is 94.5 Å². The largest absolute Gasteiger partial charge is 0.256 e. The second kappa shape index (κ2) is 11.9. The van der Waals surface area contributed by atoms with Crippen molar-refractivity contribution in [2.75, 3.05) is 0 Å². The molecule has 0 saturated heterocycles. The smallest absolute Gasteiger partial charge is 0.0780 e. The minimum Gasteiger partial charge on any atom is -0.256 e. The molecule has 0 aliphatic heterocycles. The van der Waals surface area contributed by atoms with Crippen molar-refractivity contribution in [1.29, 1.82) is 0 Å². The van der Waals surface area contributed by atoms with Gasteiger partial charge in [-0.3, -0.25) is 4.98 Å². The van der Waals surface area contributed by atoms with E-state index < -0.39 is 0 Å². The predicted molar refractivity (Wildman–Crippen MR) is 210 cm³/mol. The van der Waals surface area contributed by atoms with E-state index in [9.17, 15) is 0 Å². The quantitative estimate of drug-likeness (QED) is 0.173. The lowest BCUT2D eigenvalue weighted by Gasteiger charge is -2.20. The average Bonchev–Trinajstić information content (AvgIpc) is 3.16. The van der Waals surface area contributed by atoms with Crippen LogP contribution >= 0.6 is 0 Å². The van der Waals surface area contributed by atoms with Gasteiger partial charge in [-0.1, -0.05) is 166 Å². The van der Waals surface area contributed by atoms with E-state index in [0.29, 0.717) is 5.92 Å². The fourth-order valence-electron chi connectivity index (χ4n) is 7.81. The van der Waals surface area contributed by atoms with E-state index in [0.717, 1.165) is 22.4 Å². The standard InChI is InChI=1S/C48H35N/c1-31(2)37-18-9-20-40-39(37)19-10-21-41(40)47-44-16-7-5-14-42(44)46(43-15-6-8-17-45(43)47)34-26-24-33(25-27-34)38-22-11-29-49-48(38)36-28-23-32-12-3-4-13-35(32)30-36/h3-31H,1-2H3. The van der Waals surface area contributed by atoms with Crippen LogP contribution in [-0.4, -0.2) is 4.98 Å². The fourth-order valence-corrected chi connectivity index (χ4v) is 7.81. The van der Waals surface area contributed by atoms with Crippen LogP contribution in [0.5, 0.6) is 0 Å². The summed E-state index contributed by atoms with van der Waals surface area (Å²) in [5, 5.41) is 10.2. The lowest BCUT2D eigenvalue weighted by Crippen LogP contribution is -1.94. The second-order valence-electron chi connectivity index (χ2n) is 13.3. The van der Waals surface area contributed by atoms with Crippen molar-refractivity contribution in [1.82, 2.24) is 4.98 Å². The van der Waals surface area contributed by atoms with Crippen molar-refractivity contribution < 1.29 is 0 Å². The van der Waals surface area contributed by atoms with E-state index in [2.05, 4.69) is 172 Å². The molecular formula is C48H35N. The van der Waals surface area contributed by atoms with Gasteiger partial charge in [0.1, 0.15) is 0 Å². The maximum absolute atomic E-state index is 4.87. The van der Waals surface area contributed by atoms with E-state index in [1.165, 1.54) is 70.9 Å². The number of fused-ring (bicyclic) bond motifs is 4. The van der Waals surface area contributed by atoms with Gasteiger partial charge in [0.25, 0.3) is 0 Å². The predicted octanol–water partition coefficient (Wildman–Crippen LogP) is 13.5. The molecule has 0 aliphatic carbocycles. The van der Waals surface area contributed by atoms with Gasteiger partial charge in [-0.25, -0.2) is 0 Å². The molecule has 49 heavy (non-hydrogen) atoms. The van der Waals surface area contributed by atoms with Gasteiger partial charge in [0.2, 0.25) is 0 Å². The molecular weight excluding hydrogens is 591 g/mol. The van der Waals surface area contributed by atoms with Crippen LogP contribution in [0.2, 0.25) is 0 Å². The Bertz CT molecular complexity index is 2620. The van der Waals surface area contributed by atoms with Gasteiger partial charge in [0.15, 0.2) is 0 Å². The van der Waals surface area contributed by atoms with Gasteiger partial charge in [0.05, 0.1) is 5.69 Å². The first-order valence-corrected chi connectivity index (χ1v) is 17.2. The Kier molecular flexibility index (Phi) is 7.06. The average molecular weight is 626 g/mol. The summed E-state index contributed by atoms with van der Waals surface area (Å²) in [6.07, 6.45) is 1.89. The van der Waals surface area contributed by atoms with Crippen LogP contribution in [0.1, 0.15) is 25.3 Å². The van der Waals surface area contributed by atoms with E-state index in [4.69, 9.17) is 4.98 Å². The zero-order valence-corrected chi connectivity index (χ0v) is 27.7. The van der Waals surface area contributed by atoms with Crippen molar-refractivity contribution >= 4 is 43.1 Å². The molecule has 0 N–H and O–H groups in total. The maximum atomic E-state index is 4.87. The monoisotopic (exact) mass is 625 g/mol. The first-order valence-electron chi connectivity index (χ1n) is 17.2. The van der Waals surface area contributed by atoms with Crippen molar-refractivity contribution in [3.8, 4) is 44.6 Å². The first-order chi connectivity index (χ1) is 24.2. The first kappa shape index (κ1) is 29.1. The maximum Gasteiger partial charge on any atom is 0.0780 e. The molecule has 0 aliphatic rings. The third-order valence-electron chi connectivity index (χ3n) is 10.1. The molecule has 1 heterocycles. The molecule has 1 aromatic heterocycles. The lowest BCUT2D eigenvalue weighted by atomic mass is 9.83. The van der Waals surface area contributed by atoms with Gasteiger partial charge >= 0.3 is 0 Å². The Morgan fingerprint density at radius 3 is 1.65 bits per heavy atom. The molecule has 9 rings (SSSR count). The second-order valence-corrected chi connectivity index (χ2v) is 13.3. The van der Waals surface area contributed by atoms with E-state index in [-0.39, 0.29) is 0 Å². The fraction of sp³-hybridized carbons (Fsp3) is 0.0625. The van der Waals surface area contributed by atoms with Crippen LogP contribution in [0.4, 0.5) is 0 Å². The number of nitrogens with zero attached hydrogens (tertiary/aromatic N) is 1. The van der Waals surface area contributed by atoms with Crippen molar-refractivity contribution in [3.05, 3.63) is 176 Å². The van der Waals surface area contributed by atoms with Gasteiger partial charge < -0.3 is 0 Å². The normalized spacial score (nSPS) is 11.7. The molecule has 0 unspecified atom stereocenters. The molecule has 0 spiro atoms. The molecule has 0 fully saturated rings. The Balaban J connectivity index is 1.22. The molecule has 0 atom stereocenters. The molecule has 0 amide bonds. The summed E-state index contributed by atoms with van der Waals surface area (Å²) in [7, 11) is 0. The highest BCUT2D eigenvalue weighted by molar-refractivity contribution is 6.23. The minimum atomic E-state index is 0.452. The van der Waals surface area contributed by atoms with E-state index in [1.807, 2.05) is 12.3 Å². The molecule has 1 heteroatoms. The topological polar surface area (TPSA) is 12.9 Å². The summed E-state index contributed by atoms with van der Waals surface area (Å²) in [6, 6.07) is 59.9. The zero-order chi connectivity index (χ0) is 32.9. The Labute approximate surface area is 287 Å². The number of hydrogen-bond acceptors (Lipinski definition) is 1. The lowest BCUT2D eigenvalue weighted by molar-refractivity contribution is 0.876. The van der Waals surface area contributed by atoms with E-state index in [1.54, 1.807) is 0 Å². The van der Waals surface area contributed by atoms with Crippen molar-refractivity contribution in [2.45, 2.75) is 19.8 Å². The third-order valence-corrected chi connectivity index (χ3v) is 10.1. The molecule has 1 nitrogen and oxygen atoms in total. The minimum absolute atomic E-state index is 0.452. The molecule has 0 radical (unpaired) electrons. The van der Waals surface area contributed by atoms with Crippen LogP contribution in [0.3, 0.4) is 0 Å². The summed E-state index contributed by atoms with van der Waals surface area (Å²) in [6.45, 7) is 4.57. The zero-order valence-electron chi connectivity index (χ0n) is 27.7. The SMILES string of the molecule is CC(C)c1cccc2c(-c3c4ccccc4c(-c4ccc(-c5cccnc5-c5ccc6ccccc6c5)cc4)c4ccccc34)cccc12. The molecule has 0 saturated carbocycles. The summed E-state index contributed by atoms with van der Waals surface area (Å²) in [5.41, 5.74) is 10.9. The summed E-state index contributed by atoms with van der Waals surface area (Å²) < 4.78 is 0. The van der Waals surface area contributed by atoms with Crippen molar-refractivity contribution in [3.63, 3.8) is 0 Å². The number of rotatable bonds is 5. The van der Waals surface area contributed by atoms with Crippen molar-refractivity contribution in [2.24, 2.45) is 0 Å². The van der Waals surface area contributed by atoms with Crippen LogP contribution < -0.4 is 0 Å². The number of pyridine rings is 1. The Morgan fingerprint density at radius 2 is 0.939 bits per heavy atom. The van der Waals surface area contributed by atoms with Crippen LogP contribution in [0, 0.1) is 0 Å². The van der Waals surface area contributed by atoms with E-state index >= 15 is 0 Å². The third kappa shape index (κ3) is 4.90. The number of hydrogen-bond donors (Lipinski definition) is 0. The Morgan fingerprint density at radius 1 is 0.388 bits per heavy atom. The van der Waals surface area contributed by atoms with Gasteiger partial charge in [-0.2, -0.15) is 0 Å². The van der Waals surface area contributed by atoms with Crippen LogP contribution in [0.25, 0.3) is 87.7 Å².